The number of hydrogen-bond acceptors (Lipinski definition) is 2. The number of aliphatic hydroxyl groups excluding tert-OH is 2. The molecule has 70 valence electrons. The number of allylic oxidation sites excluding steroid dienone is 2. The Hall–Kier alpha value is -0.600. The van der Waals surface area contributed by atoms with Crippen LogP contribution in [-0.4, -0.2) is 22.4 Å². The highest BCUT2D eigenvalue weighted by molar-refractivity contribution is 5.02. The highest BCUT2D eigenvalue weighted by atomic mass is 16.3. The molecule has 0 aliphatic rings. The summed E-state index contributed by atoms with van der Waals surface area (Å²) < 4.78 is 0. The molecule has 0 aromatic rings. The van der Waals surface area contributed by atoms with Gasteiger partial charge in [-0.1, -0.05) is 24.3 Å². The molecule has 0 aromatic carbocycles. The third-order valence-electron chi connectivity index (χ3n) is 1.34. The molecule has 0 saturated carbocycles. The molecule has 2 atom stereocenters. The van der Waals surface area contributed by atoms with Crippen molar-refractivity contribution in [3.8, 4) is 0 Å². The number of hydrogen-bond donors (Lipinski definition) is 2. The molecular formula is C10H18O2. The summed E-state index contributed by atoms with van der Waals surface area (Å²) in [5, 5.41) is 17.8. The Balaban J connectivity index is 3.39. The normalized spacial score (nSPS) is 17.3. The molecular weight excluding hydrogens is 152 g/mol. The molecule has 2 nitrogen and oxygen atoms in total. The minimum atomic E-state index is -0.272. The molecule has 2 unspecified atom stereocenters. The summed E-state index contributed by atoms with van der Waals surface area (Å²) in [6.45, 7) is 3.51. The van der Waals surface area contributed by atoms with E-state index in [1.165, 1.54) is 0 Å². The lowest BCUT2D eigenvalue weighted by Crippen LogP contribution is -1.95. The van der Waals surface area contributed by atoms with Crippen LogP contribution in [0.4, 0.5) is 0 Å². The molecule has 0 radical (unpaired) electrons. The van der Waals surface area contributed by atoms with E-state index in [9.17, 15) is 0 Å². The van der Waals surface area contributed by atoms with Gasteiger partial charge in [0.15, 0.2) is 0 Å². The lowest BCUT2D eigenvalue weighted by Gasteiger charge is -1.95. The van der Waals surface area contributed by atoms with E-state index in [0.717, 1.165) is 0 Å². The second-order valence-corrected chi connectivity index (χ2v) is 3.03. The Bertz CT molecular complexity index is 128. The standard InChI is InChI=1S/C10H18O2/c1-9(11)7-5-3-4-6-8-10(2)12/h3-6,9-12H,7-8H2,1-2H3. The van der Waals surface area contributed by atoms with Crippen molar-refractivity contribution >= 4 is 0 Å². The van der Waals surface area contributed by atoms with Gasteiger partial charge < -0.3 is 10.2 Å². The molecule has 2 heteroatoms. The topological polar surface area (TPSA) is 40.5 Å². The summed E-state index contributed by atoms with van der Waals surface area (Å²) in [6.07, 6.45) is 8.40. The van der Waals surface area contributed by atoms with Crippen LogP contribution in [0.1, 0.15) is 26.7 Å². The van der Waals surface area contributed by atoms with Gasteiger partial charge in [-0.15, -0.1) is 0 Å². The van der Waals surface area contributed by atoms with Gasteiger partial charge in [-0.25, -0.2) is 0 Å². The predicted octanol–water partition coefficient (Wildman–Crippen LogP) is 1.64. The minimum Gasteiger partial charge on any atom is -0.393 e. The molecule has 12 heavy (non-hydrogen) atoms. The summed E-state index contributed by atoms with van der Waals surface area (Å²) in [7, 11) is 0. The van der Waals surface area contributed by atoms with Crippen LogP contribution in [0, 0.1) is 0 Å². The van der Waals surface area contributed by atoms with Crippen molar-refractivity contribution in [3.63, 3.8) is 0 Å². The lowest BCUT2D eigenvalue weighted by atomic mass is 10.2. The molecule has 0 aromatic heterocycles. The van der Waals surface area contributed by atoms with Crippen molar-refractivity contribution in [2.24, 2.45) is 0 Å². The largest absolute Gasteiger partial charge is 0.393 e. The maximum Gasteiger partial charge on any atom is 0.0546 e. The van der Waals surface area contributed by atoms with Crippen molar-refractivity contribution in [1.82, 2.24) is 0 Å². The van der Waals surface area contributed by atoms with Crippen LogP contribution in [-0.2, 0) is 0 Å². The van der Waals surface area contributed by atoms with Crippen LogP contribution in [0.25, 0.3) is 0 Å². The van der Waals surface area contributed by atoms with E-state index in [-0.39, 0.29) is 12.2 Å². The molecule has 0 fully saturated rings. The Morgan fingerprint density at radius 1 is 0.917 bits per heavy atom. The van der Waals surface area contributed by atoms with Gasteiger partial charge in [0.2, 0.25) is 0 Å². The molecule has 0 heterocycles. The van der Waals surface area contributed by atoms with E-state index in [0.29, 0.717) is 12.8 Å². The fourth-order valence-corrected chi connectivity index (χ4v) is 0.708. The van der Waals surface area contributed by atoms with Gasteiger partial charge >= 0.3 is 0 Å². The Morgan fingerprint density at radius 2 is 1.25 bits per heavy atom. The first-order valence-corrected chi connectivity index (χ1v) is 4.30. The van der Waals surface area contributed by atoms with Crippen LogP contribution in [0.2, 0.25) is 0 Å². The zero-order chi connectivity index (χ0) is 9.40. The minimum absolute atomic E-state index is 0.272. The third-order valence-corrected chi connectivity index (χ3v) is 1.34. The zero-order valence-corrected chi connectivity index (χ0v) is 7.77. The summed E-state index contributed by atoms with van der Waals surface area (Å²) in [6, 6.07) is 0. The van der Waals surface area contributed by atoms with Gasteiger partial charge in [-0.2, -0.15) is 0 Å². The zero-order valence-electron chi connectivity index (χ0n) is 7.77. The van der Waals surface area contributed by atoms with E-state index in [2.05, 4.69) is 0 Å². The Kier molecular flexibility index (Phi) is 6.72. The van der Waals surface area contributed by atoms with Gasteiger partial charge in [0, 0.05) is 0 Å². The average molecular weight is 170 g/mol. The second-order valence-electron chi connectivity index (χ2n) is 3.03. The van der Waals surface area contributed by atoms with Gasteiger partial charge in [0.05, 0.1) is 12.2 Å². The van der Waals surface area contributed by atoms with Gasteiger partial charge in [0.1, 0.15) is 0 Å². The molecule has 0 amide bonds. The molecule has 2 N–H and O–H groups in total. The Labute approximate surface area is 74.2 Å². The highest BCUT2D eigenvalue weighted by Gasteiger charge is 1.88. The van der Waals surface area contributed by atoms with E-state index in [1.54, 1.807) is 13.8 Å². The lowest BCUT2D eigenvalue weighted by molar-refractivity contribution is 0.197. The first kappa shape index (κ1) is 11.4. The first-order chi connectivity index (χ1) is 5.63. The second kappa shape index (κ2) is 7.07. The fraction of sp³-hybridized carbons (Fsp3) is 0.600. The van der Waals surface area contributed by atoms with E-state index in [4.69, 9.17) is 10.2 Å². The van der Waals surface area contributed by atoms with Crippen LogP contribution in [0.3, 0.4) is 0 Å². The fourth-order valence-electron chi connectivity index (χ4n) is 0.708. The average Bonchev–Trinajstić information content (AvgIpc) is 1.95. The van der Waals surface area contributed by atoms with E-state index < -0.39 is 0 Å². The molecule has 0 aliphatic heterocycles. The van der Waals surface area contributed by atoms with Crippen LogP contribution in [0.5, 0.6) is 0 Å². The van der Waals surface area contributed by atoms with Crippen LogP contribution in [0.15, 0.2) is 24.3 Å². The molecule has 0 bridgehead atoms. The predicted molar refractivity (Wildman–Crippen MR) is 50.9 cm³/mol. The maximum atomic E-state index is 8.88. The maximum absolute atomic E-state index is 8.88. The summed E-state index contributed by atoms with van der Waals surface area (Å²) in [4.78, 5) is 0. The first-order valence-electron chi connectivity index (χ1n) is 4.30. The van der Waals surface area contributed by atoms with Gasteiger partial charge in [-0.05, 0) is 26.7 Å². The van der Waals surface area contributed by atoms with Gasteiger partial charge in [-0.3, -0.25) is 0 Å². The monoisotopic (exact) mass is 170 g/mol. The number of aliphatic hydroxyl groups is 2. The molecule has 0 spiro atoms. The number of rotatable bonds is 5. The summed E-state index contributed by atoms with van der Waals surface area (Å²) >= 11 is 0. The SMILES string of the molecule is CC(O)CC=CC=CCC(C)O. The summed E-state index contributed by atoms with van der Waals surface area (Å²) in [5.41, 5.74) is 0. The van der Waals surface area contributed by atoms with Crippen molar-refractivity contribution in [2.45, 2.75) is 38.9 Å². The Morgan fingerprint density at radius 3 is 1.50 bits per heavy atom. The van der Waals surface area contributed by atoms with E-state index in [1.807, 2.05) is 24.3 Å². The molecule has 0 aliphatic carbocycles. The van der Waals surface area contributed by atoms with Crippen molar-refractivity contribution in [2.75, 3.05) is 0 Å². The third kappa shape index (κ3) is 9.40. The van der Waals surface area contributed by atoms with Crippen molar-refractivity contribution in [1.29, 1.82) is 0 Å². The molecule has 0 saturated heterocycles. The quantitative estimate of drug-likeness (QED) is 0.616. The van der Waals surface area contributed by atoms with Crippen molar-refractivity contribution < 1.29 is 10.2 Å². The highest BCUT2D eigenvalue weighted by Crippen LogP contribution is 1.93. The van der Waals surface area contributed by atoms with Gasteiger partial charge in [0.25, 0.3) is 0 Å². The van der Waals surface area contributed by atoms with Crippen molar-refractivity contribution in [3.05, 3.63) is 24.3 Å². The smallest absolute Gasteiger partial charge is 0.0546 e. The van der Waals surface area contributed by atoms with Crippen LogP contribution < -0.4 is 0 Å². The van der Waals surface area contributed by atoms with Crippen LogP contribution >= 0.6 is 0 Å². The summed E-state index contributed by atoms with van der Waals surface area (Å²) in [5.74, 6) is 0. The van der Waals surface area contributed by atoms with E-state index >= 15 is 0 Å². The molecule has 0 rings (SSSR count).